The number of hydrogen-bond donors (Lipinski definition) is 2. The summed E-state index contributed by atoms with van der Waals surface area (Å²) >= 11 is 0. The molecule has 0 amide bonds. The molecule has 0 spiro atoms. The van der Waals surface area contributed by atoms with Crippen LogP contribution in [0.2, 0.25) is 0 Å². The van der Waals surface area contributed by atoms with E-state index < -0.39 is 5.97 Å². The molecule has 0 saturated heterocycles. The first-order valence-electron chi connectivity index (χ1n) is 2.89. The van der Waals surface area contributed by atoms with Crippen molar-refractivity contribution in [1.29, 1.82) is 0 Å². The third-order valence-corrected chi connectivity index (χ3v) is 1.21. The van der Waals surface area contributed by atoms with Crippen molar-refractivity contribution in [1.82, 2.24) is 5.32 Å². The zero-order chi connectivity index (χ0) is 6.85. The van der Waals surface area contributed by atoms with E-state index in [1.165, 1.54) is 0 Å². The Morgan fingerprint density at radius 3 is 2.56 bits per heavy atom. The molecule has 0 aromatic heterocycles. The third kappa shape index (κ3) is 1.76. The number of nitrogens with one attached hydrogen (secondary N) is 1. The van der Waals surface area contributed by atoms with Crippen molar-refractivity contribution in [3.8, 4) is 0 Å². The molecular weight excluding hydrogens is 118 g/mol. The Bertz CT molecular complexity index is 149. The van der Waals surface area contributed by atoms with Crippen LogP contribution in [0.1, 0.15) is 12.8 Å². The van der Waals surface area contributed by atoms with E-state index in [4.69, 9.17) is 5.11 Å². The van der Waals surface area contributed by atoms with Gasteiger partial charge in [0, 0.05) is 6.04 Å². The topological polar surface area (TPSA) is 49.3 Å². The molecule has 3 heteroatoms. The first-order chi connectivity index (χ1) is 4.20. The van der Waals surface area contributed by atoms with E-state index >= 15 is 0 Å². The zero-order valence-electron chi connectivity index (χ0n) is 5.05. The van der Waals surface area contributed by atoms with Gasteiger partial charge in [0.1, 0.15) is 5.70 Å². The fourth-order valence-corrected chi connectivity index (χ4v) is 0.536. The van der Waals surface area contributed by atoms with Crippen LogP contribution in [0.4, 0.5) is 0 Å². The van der Waals surface area contributed by atoms with Crippen LogP contribution >= 0.6 is 0 Å². The molecule has 0 aromatic carbocycles. The summed E-state index contributed by atoms with van der Waals surface area (Å²) in [6.45, 7) is 3.32. The largest absolute Gasteiger partial charge is 0.477 e. The lowest BCUT2D eigenvalue weighted by Gasteiger charge is -2.00. The van der Waals surface area contributed by atoms with Crippen LogP contribution in [-0.4, -0.2) is 17.1 Å². The van der Waals surface area contributed by atoms with Crippen molar-refractivity contribution < 1.29 is 9.90 Å². The minimum atomic E-state index is -0.957. The summed E-state index contributed by atoms with van der Waals surface area (Å²) in [5, 5.41) is 11.1. The summed E-state index contributed by atoms with van der Waals surface area (Å²) in [7, 11) is 0. The lowest BCUT2D eigenvalue weighted by molar-refractivity contribution is -0.133. The number of carbonyl (C=O) groups is 1. The summed E-state index contributed by atoms with van der Waals surface area (Å²) in [6, 6.07) is 0.383. The third-order valence-electron chi connectivity index (χ3n) is 1.21. The molecule has 2 N–H and O–H groups in total. The Balaban J connectivity index is 2.25. The highest BCUT2D eigenvalue weighted by atomic mass is 16.4. The van der Waals surface area contributed by atoms with Gasteiger partial charge in [0.15, 0.2) is 0 Å². The maximum atomic E-state index is 10.1. The molecule has 0 radical (unpaired) electrons. The molecule has 50 valence electrons. The van der Waals surface area contributed by atoms with Gasteiger partial charge < -0.3 is 10.4 Å². The number of carboxylic acids is 1. The highest BCUT2D eigenvalue weighted by Crippen LogP contribution is 2.19. The molecule has 1 aliphatic rings. The molecule has 1 fully saturated rings. The summed E-state index contributed by atoms with van der Waals surface area (Å²) < 4.78 is 0. The second-order valence-corrected chi connectivity index (χ2v) is 2.20. The highest BCUT2D eigenvalue weighted by molar-refractivity contribution is 5.85. The molecule has 1 aliphatic carbocycles. The predicted molar refractivity (Wildman–Crippen MR) is 32.9 cm³/mol. The SMILES string of the molecule is C=C(NC1CC1)C(=O)O. The Labute approximate surface area is 53.4 Å². The van der Waals surface area contributed by atoms with E-state index in [9.17, 15) is 4.79 Å². The van der Waals surface area contributed by atoms with Crippen LogP contribution in [0.5, 0.6) is 0 Å². The second-order valence-electron chi connectivity index (χ2n) is 2.20. The van der Waals surface area contributed by atoms with E-state index in [1.54, 1.807) is 0 Å². The van der Waals surface area contributed by atoms with E-state index in [0.717, 1.165) is 12.8 Å². The Morgan fingerprint density at radius 1 is 1.67 bits per heavy atom. The predicted octanol–water partition coefficient (Wildman–Crippen LogP) is 0.337. The summed E-state index contributed by atoms with van der Waals surface area (Å²) in [4.78, 5) is 10.1. The van der Waals surface area contributed by atoms with Crippen molar-refractivity contribution in [3.63, 3.8) is 0 Å². The number of rotatable bonds is 3. The molecular formula is C6H9NO2. The fourth-order valence-electron chi connectivity index (χ4n) is 0.536. The van der Waals surface area contributed by atoms with Gasteiger partial charge in [-0.05, 0) is 12.8 Å². The van der Waals surface area contributed by atoms with Crippen LogP contribution in [0.3, 0.4) is 0 Å². The summed E-state index contributed by atoms with van der Waals surface area (Å²) in [5.74, 6) is -0.957. The monoisotopic (exact) mass is 127 g/mol. The maximum absolute atomic E-state index is 10.1. The van der Waals surface area contributed by atoms with Crippen molar-refractivity contribution in [2.75, 3.05) is 0 Å². The number of hydrogen-bond acceptors (Lipinski definition) is 2. The van der Waals surface area contributed by atoms with E-state index in [1.807, 2.05) is 0 Å². The molecule has 1 saturated carbocycles. The average molecular weight is 127 g/mol. The van der Waals surface area contributed by atoms with Crippen molar-refractivity contribution in [2.24, 2.45) is 0 Å². The minimum Gasteiger partial charge on any atom is -0.477 e. The van der Waals surface area contributed by atoms with E-state index in [2.05, 4.69) is 11.9 Å². The van der Waals surface area contributed by atoms with Gasteiger partial charge in [-0.2, -0.15) is 0 Å². The van der Waals surface area contributed by atoms with Gasteiger partial charge in [-0.25, -0.2) is 4.79 Å². The Kier molecular flexibility index (Phi) is 1.42. The molecule has 0 unspecified atom stereocenters. The normalized spacial score (nSPS) is 16.9. The Hall–Kier alpha value is -0.990. The zero-order valence-corrected chi connectivity index (χ0v) is 5.05. The minimum absolute atomic E-state index is 0.109. The van der Waals surface area contributed by atoms with Crippen molar-refractivity contribution >= 4 is 5.97 Å². The first-order valence-corrected chi connectivity index (χ1v) is 2.89. The smallest absolute Gasteiger partial charge is 0.351 e. The van der Waals surface area contributed by atoms with Gasteiger partial charge in [0.05, 0.1) is 0 Å². The molecule has 1 rings (SSSR count). The number of aliphatic carboxylic acids is 1. The lowest BCUT2D eigenvalue weighted by Crippen LogP contribution is -2.20. The highest BCUT2D eigenvalue weighted by Gasteiger charge is 2.22. The van der Waals surface area contributed by atoms with Gasteiger partial charge in [0.2, 0.25) is 0 Å². The van der Waals surface area contributed by atoms with Crippen LogP contribution in [0.25, 0.3) is 0 Å². The molecule has 3 nitrogen and oxygen atoms in total. The van der Waals surface area contributed by atoms with Crippen LogP contribution in [0, 0.1) is 0 Å². The standard InChI is InChI=1S/C6H9NO2/c1-4(6(8)9)7-5-2-3-5/h5,7H,1-3H2,(H,8,9). The van der Waals surface area contributed by atoms with Crippen LogP contribution in [-0.2, 0) is 4.79 Å². The van der Waals surface area contributed by atoms with E-state index in [0.29, 0.717) is 6.04 Å². The Morgan fingerprint density at radius 2 is 2.22 bits per heavy atom. The van der Waals surface area contributed by atoms with E-state index in [-0.39, 0.29) is 5.70 Å². The van der Waals surface area contributed by atoms with Crippen molar-refractivity contribution in [3.05, 3.63) is 12.3 Å². The van der Waals surface area contributed by atoms with Gasteiger partial charge in [-0.15, -0.1) is 0 Å². The van der Waals surface area contributed by atoms with Crippen LogP contribution < -0.4 is 5.32 Å². The summed E-state index contributed by atoms with van der Waals surface area (Å²) in [5.41, 5.74) is 0.109. The van der Waals surface area contributed by atoms with Crippen molar-refractivity contribution in [2.45, 2.75) is 18.9 Å². The van der Waals surface area contributed by atoms with Gasteiger partial charge in [-0.1, -0.05) is 6.58 Å². The lowest BCUT2D eigenvalue weighted by atomic mass is 10.5. The second kappa shape index (κ2) is 2.09. The molecule has 0 bridgehead atoms. The molecule has 0 atom stereocenters. The first kappa shape index (κ1) is 6.13. The fraction of sp³-hybridized carbons (Fsp3) is 0.500. The van der Waals surface area contributed by atoms with Gasteiger partial charge >= 0.3 is 5.97 Å². The van der Waals surface area contributed by atoms with Gasteiger partial charge in [0.25, 0.3) is 0 Å². The van der Waals surface area contributed by atoms with Gasteiger partial charge in [-0.3, -0.25) is 0 Å². The maximum Gasteiger partial charge on any atom is 0.351 e. The number of carboxylic acid groups (broad SMARTS) is 1. The van der Waals surface area contributed by atoms with Crippen LogP contribution in [0.15, 0.2) is 12.3 Å². The molecule has 0 aliphatic heterocycles. The molecule has 0 aromatic rings. The molecule has 9 heavy (non-hydrogen) atoms. The quantitative estimate of drug-likeness (QED) is 0.537. The molecule has 0 heterocycles. The summed E-state index contributed by atoms with van der Waals surface area (Å²) in [6.07, 6.45) is 2.15. The average Bonchev–Trinajstić information content (AvgIpc) is 2.50.